The number of rotatable bonds is 7. The van der Waals surface area contributed by atoms with Gasteiger partial charge < -0.3 is 20.0 Å². The third-order valence-corrected chi connectivity index (χ3v) is 6.34. The van der Waals surface area contributed by atoms with Crippen LogP contribution < -0.4 is 15.5 Å². The molecule has 0 atom stereocenters. The number of carbonyl (C=O) groups is 2. The summed E-state index contributed by atoms with van der Waals surface area (Å²) in [5.41, 5.74) is 2.30. The number of aromatic nitrogens is 2. The minimum atomic E-state index is -0.0750. The fourth-order valence-corrected chi connectivity index (χ4v) is 4.32. The Hall–Kier alpha value is -3.26. The van der Waals surface area contributed by atoms with Crippen LogP contribution in [-0.4, -0.2) is 34.7 Å². The molecule has 0 saturated carbocycles. The van der Waals surface area contributed by atoms with Crippen LogP contribution in [0.2, 0.25) is 5.02 Å². The molecule has 1 aliphatic heterocycles. The molecule has 180 valence electrons. The van der Waals surface area contributed by atoms with Crippen molar-refractivity contribution in [3.05, 3.63) is 58.6 Å². The number of furan rings is 1. The number of halogens is 1. The van der Waals surface area contributed by atoms with E-state index in [1.165, 1.54) is 0 Å². The molecule has 34 heavy (non-hydrogen) atoms. The molecule has 0 radical (unpaired) electrons. The van der Waals surface area contributed by atoms with Crippen molar-refractivity contribution >= 4 is 34.9 Å². The number of nitrogens with one attached hydrogen (secondary N) is 2. The van der Waals surface area contributed by atoms with Gasteiger partial charge in [0.1, 0.15) is 17.2 Å². The predicted octanol–water partition coefficient (Wildman–Crippen LogP) is 4.62. The van der Waals surface area contributed by atoms with Gasteiger partial charge in [0.2, 0.25) is 11.8 Å². The Kier molecular flexibility index (Phi) is 7.26. The van der Waals surface area contributed by atoms with Crippen LogP contribution >= 0.6 is 11.6 Å². The van der Waals surface area contributed by atoms with Gasteiger partial charge in [0.25, 0.3) is 0 Å². The average molecular weight is 484 g/mol. The summed E-state index contributed by atoms with van der Waals surface area (Å²) in [6, 6.07) is 11.2. The number of nitrogens with zero attached hydrogens (tertiary/aromatic N) is 3. The second-order valence-electron chi connectivity index (χ2n) is 8.57. The van der Waals surface area contributed by atoms with E-state index in [2.05, 4.69) is 15.5 Å². The van der Waals surface area contributed by atoms with Gasteiger partial charge in [-0.3, -0.25) is 9.59 Å². The van der Waals surface area contributed by atoms with Crippen molar-refractivity contribution < 1.29 is 14.0 Å². The van der Waals surface area contributed by atoms with Gasteiger partial charge in [-0.2, -0.15) is 5.10 Å². The maximum Gasteiger partial charge on any atom is 0.224 e. The maximum absolute atomic E-state index is 12.7. The van der Waals surface area contributed by atoms with Gasteiger partial charge in [0.15, 0.2) is 5.82 Å². The van der Waals surface area contributed by atoms with Crippen LogP contribution in [0.25, 0.3) is 5.69 Å². The molecule has 0 unspecified atom stereocenters. The highest BCUT2D eigenvalue weighted by Gasteiger charge is 2.30. The summed E-state index contributed by atoms with van der Waals surface area (Å²) >= 11 is 6.08. The van der Waals surface area contributed by atoms with Crippen LogP contribution in [0.3, 0.4) is 0 Å². The van der Waals surface area contributed by atoms with Crippen molar-refractivity contribution in [3.63, 3.8) is 0 Å². The molecule has 0 aliphatic carbocycles. The number of aryl methyl sites for hydroxylation is 2. The van der Waals surface area contributed by atoms with Crippen molar-refractivity contribution in [1.29, 1.82) is 0 Å². The van der Waals surface area contributed by atoms with Gasteiger partial charge in [-0.15, -0.1) is 0 Å². The highest BCUT2D eigenvalue weighted by Crippen LogP contribution is 2.35. The largest absolute Gasteiger partial charge is 0.465 e. The Morgan fingerprint density at radius 1 is 1.12 bits per heavy atom. The molecule has 1 aliphatic rings. The lowest BCUT2D eigenvalue weighted by Gasteiger charge is -2.33. The summed E-state index contributed by atoms with van der Waals surface area (Å²) in [5, 5.41) is 11.4. The van der Waals surface area contributed by atoms with E-state index in [1.54, 1.807) is 0 Å². The second kappa shape index (κ2) is 10.3. The van der Waals surface area contributed by atoms with Crippen molar-refractivity contribution in [2.45, 2.75) is 46.6 Å². The summed E-state index contributed by atoms with van der Waals surface area (Å²) in [6.07, 6.45) is 1.78. The van der Waals surface area contributed by atoms with E-state index in [0.29, 0.717) is 49.6 Å². The Balaban J connectivity index is 1.51. The fraction of sp³-hybridized carbons (Fsp3) is 0.400. The topological polar surface area (TPSA) is 92.4 Å². The lowest BCUT2D eigenvalue weighted by atomic mass is 9.95. The van der Waals surface area contributed by atoms with E-state index in [4.69, 9.17) is 21.1 Å². The molecule has 2 N–H and O–H groups in total. The Morgan fingerprint density at radius 2 is 1.82 bits per heavy atom. The number of benzene rings is 1. The first-order valence-electron chi connectivity index (χ1n) is 11.6. The van der Waals surface area contributed by atoms with Gasteiger partial charge in [0, 0.05) is 30.5 Å². The average Bonchev–Trinajstić information content (AvgIpc) is 3.40. The van der Waals surface area contributed by atoms with Crippen LogP contribution in [0.4, 0.5) is 11.5 Å². The van der Waals surface area contributed by atoms with E-state index in [0.717, 1.165) is 28.7 Å². The Labute approximate surface area is 204 Å². The van der Waals surface area contributed by atoms with Crippen molar-refractivity contribution in [1.82, 2.24) is 15.1 Å². The molecule has 1 fully saturated rings. The number of amides is 2. The number of hydrogen-bond donors (Lipinski definition) is 2. The number of carbonyl (C=O) groups excluding carboxylic acids is 2. The first-order chi connectivity index (χ1) is 16.4. The van der Waals surface area contributed by atoms with Gasteiger partial charge in [-0.1, -0.05) is 18.5 Å². The molecule has 0 bridgehead atoms. The quantitative estimate of drug-likeness (QED) is 0.511. The van der Waals surface area contributed by atoms with Crippen LogP contribution in [0.1, 0.15) is 43.4 Å². The minimum Gasteiger partial charge on any atom is -0.465 e. The summed E-state index contributed by atoms with van der Waals surface area (Å²) in [6.45, 7) is 7.33. The normalized spacial score (nSPS) is 14.3. The van der Waals surface area contributed by atoms with E-state index in [1.807, 2.05) is 61.9 Å². The van der Waals surface area contributed by atoms with Gasteiger partial charge in [0.05, 0.1) is 17.9 Å². The molecule has 2 amide bonds. The SMILES string of the molecule is CCC(=O)Nc1c(C)nn(-c2ccc(Cl)cc2)c1N1CCC(C(=O)NCc2ccc(C)o2)CC1. The van der Waals surface area contributed by atoms with Gasteiger partial charge in [-0.05, 0) is 63.1 Å². The highest BCUT2D eigenvalue weighted by molar-refractivity contribution is 6.30. The standard InChI is InChI=1S/C25H30ClN5O3/c1-4-22(32)28-23-17(3)29-31(20-8-6-19(26)7-9-20)25(23)30-13-11-18(12-14-30)24(33)27-15-21-10-5-16(2)34-21/h5-10,18H,4,11-15H2,1-3H3,(H,27,33)(H,28,32). The number of piperidine rings is 1. The van der Waals surface area contributed by atoms with E-state index in [-0.39, 0.29) is 17.7 Å². The molecule has 3 aromatic rings. The lowest BCUT2D eigenvalue weighted by Crippen LogP contribution is -2.41. The van der Waals surface area contributed by atoms with Crippen LogP contribution in [0, 0.1) is 19.8 Å². The van der Waals surface area contributed by atoms with E-state index < -0.39 is 0 Å². The maximum atomic E-state index is 12.7. The number of anilines is 2. The Bertz CT molecular complexity index is 1160. The van der Waals surface area contributed by atoms with Gasteiger partial charge in [-0.25, -0.2) is 4.68 Å². The van der Waals surface area contributed by atoms with Crippen LogP contribution in [-0.2, 0) is 16.1 Å². The molecule has 9 heteroatoms. The number of hydrogen-bond acceptors (Lipinski definition) is 5. The molecule has 3 heterocycles. The highest BCUT2D eigenvalue weighted by atomic mass is 35.5. The third-order valence-electron chi connectivity index (χ3n) is 6.09. The van der Waals surface area contributed by atoms with Crippen molar-refractivity contribution in [2.24, 2.45) is 5.92 Å². The lowest BCUT2D eigenvalue weighted by molar-refractivity contribution is -0.125. The molecule has 0 spiro atoms. The summed E-state index contributed by atoms with van der Waals surface area (Å²) < 4.78 is 7.38. The van der Waals surface area contributed by atoms with E-state index >= 15 is 0 Å². The second-order valence-corrected chi connectivity index (χ2v) is 9.00. The molecular weight excluding hydrogens is 454 g/mol. The van der Waals surface area contributed by atoms with E-state index in [9.17, 15) is 9.59 Å². The monoisotopic (exact) mass is 483 g/mol. The fourth-order valence-electron chi connectivity index (χ4n) is 4.20. The molecule has 1 saturated heterocycles. The molecule has 1 aromatic carbocycles. The molecular formula is C25H30ClN5O3. The van der Waals surface area contributed by atoms with Crippen LogP contribution in [0.15, 0.2) is 40.8 Å². The van der Waals surface area contributed by atoms with Crippen molar-refractivity contribution in [2.75, 3.05) is 23.3 Å². The molecule has 4 rings (SSSR count). The van der Waals surface area contributed by atoms with Gasteiger partial charge >= 0.3 is 0 Å². The van der Waals surface area contributed by atoms with Crippen LogP contribution in [0.5, 0.6) is 0 Å². The zero-order valence-corrected chi connectivity index (χ0v) is 20.5. The molecule has 2 aromatic heterocycles. The summed E-state index contributed by atoms with van der Waals surface area (Å²) in [4.78, 5) is 27.2. The summed E-state index contributed by atoms with van der Waals surface area (Å²) in [7, 11) is 0. The zero-order valence-electron chi connectivity index (χ0n) is 19.7. The zero-order chi connectivity index (χ0) is 24.2. The van der Waals surface area contributed by atoms with Crippen molar-refractivity contribution in [3.8, 4) is 5.69 Å². The first kappa shape index (κ1) is 23.9. The molecule has 8 nitrogen and oxygen atoms in total. The third kappa shape index (κ3) is 5.28. The smallest absolute Gasteiger partial charge is 0.224 e. The Morgan fingerprint density at radius 3 is 2.44 bits per heavy atom. The summed E-state index contributed by atoms with van der Waals surface area (Å²) in [5.74, 6) is 2.30. The minimum absolute atomic E-state index is 0.0376. The first-order valence-corrected chi connectivity index (χ1v) is 12.0. The predicted molar refractivity (Wildman–Crippen MR) is 132 cm³/mol.